The van der Waals surface area contributed by atoms with Gasteiger partial charge in [0.2, 0.25) is 5.95 Å². The Morgan fingerprint density at radius 2 is 2.00 bits per heavy atom. The first-order valence-electron chi connectivity index (χ1n) is 5.43. The van der Waals surface area contributed by atoms with E-state index in [1.54, 1.807) is 12.4 Å². The first-order chi connectivity index (χ1) is 7.77. The fourth-order valence-electron chi connectivity index (χ4n) is 1.55. The summed E-state index contributed by atoms with van der Waals surface area (Å²) in [5.41, 5.74) is 1.20. The van der Waals surface area contributed by atoms with E-state index in [0.717, 1.165) is 12.5 Å². The smallest absolute Gasteiger partial charge is 0.203 e. The zero-order valence-electron chi connectivity index (χ0n) is 9.59. The summed E-state index contributed by atoms with van der Waals surface area (Å²) in [6, 6.07) is 4.41. The number of nitrogens with one attached hydrogen (secondary N) is 1. The topological polar surface area (TPSA) is 42.7 Å². The van der Waals surface area contributed by atoms with Crippen LogP contribution in [0, 0.1) is 0 Å². The van der Waals surface area contributed by atoms with Crippen molar-refractivity contribution >= 4 is 5.95 Å². The zero-order chi connectivity index (χ0) is 11.4. The molecule has 0 aliphatic rings. The summed E-state index contributed by atoms with van der Waals surface area (Å²) in [7, 11) is 0. The number of hydrogen-bond acceptors (Lipinski definition) is 3. The van der Waals surface area contributed by atoms with Crippen molar-refractivity contribution in [1.82, 2.24) is 14.5 Å². The van der Waals surface area contributed by atoms with Gasteiger partial charge in [0.05, 0.1) is 0 Å². The van der Waals surface area contributed by atoms with Crippen molar-refractivity contribution in [2.45, 2.75) is 26.4 Å². The molecule has 0 unspecified atom stereocenters. The molecular formula is C12H16N4. The maximum atomic E-state index is 4.29. The Labute approximate surface area is 95.4 Å². The molecule has 1 N–H and O–H groups in total. The molecule has 0 saturated heterocycles. The Bertz CT molecular complexity index is 433. The summed E-state index contributed by atoms with van der Waals surface area (Å²) in [5, 5.41) is 3.31. The highest BCUT2D eigenvalue weighted by Crippen LogP contribution is 2.13. The standard InChI is InChI=1S/C12H16N4/c1-10(2)16-8-7-14-12(16)15-9-11-3-5-13-6-4-11/h3-8,10H,9H2,1-2H3,(H,14,15). The van der Waals surface area contributed by atoms with Gasteiger partial charge in [-0.1, -0.05) is 0 Å². The molecule has 0 amide bonds. The molecule has 2 aromatic heterocycles. The number of imidazole rings is 1. The Kier molecular flexibility index (Phi) is 3.19. The van der Waals surface area contributed by atoms with Gasteiger partial charge in [-0.25, -0.2) is 4.98 Å². The SMILES string of the molecule is CC(C)n1ccnc1NCc1ccncc1. The molecule has 0 bridgehead atoms. The lowest BCUT2D eigenvalue weighted by atomic mass is 10.3. The lowest BCUT2D eigenvalue weighted by Crippen LogP contribution is -2.08. The third-order valence-electron chi connectivity index (χ3n) is 2.42. The minimum absolute atomic E-state index is 0.419. The van der Waals surface area contributed by atoms with Crippen LogP contribution in [0.2, 0.25) is 0 Å². The van der Waals surface area contributed by atoms with E-state index in [2.05, 4.69) is 33.7 Å². The number of hydrogen-bond donors (Lipinski definition) is 1. The van der Waals surface area contributed by atoms with Crippen molar-refractivity contribution in [2.24, 2.45) is 0 Å². The molecule has 2 heterocycles. The maximum absolute atomic E-state index is 4.29. The largest absolute Gasteiger partial charge is 0.352 e. The fourth-order valence-corrected chi connectivity index (χ4v) is 1.55. The quantitative estimate of drug-likeness (QED) is 0.853. The maximum Gasteiger partial charge on any atom is 0.203 e. The van der Waals surface area contributed by atoms with Crippen molar-refractivity contribution in [3.63, 3.8) is 0 Å². The van der Waals surface area contributed by atoms with Gasteiger partial charge >= 0.3 is 0 Å². The molecule has 84 valence electrons. The molecule has 0 aliphatic heterocycles. The highest BCUT2D eigenvalue weighted by atomic mass is 15.2. The van der Waals surface area contributed by atoms with E-state index in [4.69, 9.17) is 0 Å². The summed E-state index contributed by atoms with van der Waals surface area (Å²) < 4.78 is 2.11. The number of anilines is 1. The van der Waals surface area contributed by atoms with E-state index in [-0.39, 0.29) is 0 Å². The Morgan fingerprint density at radius 3 is 2.69 bits per heavy atom. The second-order valence-electron chi connectivity index (χ2n) is 3.96. The van der Waals surface area contributed by atoms with Gasteiger partial charge in [0, 0.05) is 37.4 Å². The van der Waals surface area contributed by atoms with Gasteiger partial charge in [-0.2, -0.15) is 0 Å². The zero-order valence-corrected chi connectivity index (χ0v) is 9.59. The summed E-state index contributed by atoms with van der Waals surface area (Å²) in [6.45, 7) is 5.05. The van der Waals surface area contributed by atoms with E-state index >= 15 is 0 Å². The lowest BCUT2D eigenvalue weighted by molar-refractivity contribution is 0.604. The highest BCUT2D eigenvalue weighted by Gasteiger charge is 2.04. The summed E-state index contributed by atoms with van der Waals surface area (Å²) in [6.07, 6.45) is 7.40. The highest BCUT2D eigenvalue weighted by molar-refractivity contribution is 5.28. The van der Waals surface area contributed by atoms with E-state index in [1.165, 1.54) is 5.56 Å². The molecular weight excluding hydrogens is 200 g/mol. The Balaban J connectivity index is 2.02. The van der Waals surface area contributed by atoms with Crippen molar-refractivity contribution < 1.29 is 0 Å². The van der Waals surface area contributed by atoms with E-state index in [0.29, 0.717) is 6.04 Å². The Hall–Kier alpha value is -1.84. The Morgan fingerprint density at radius 1 is 1.25 bits per heavy atom. The average Bonchev–Trinajstić information content (AvgIpc) is 2.76. The fraction of sp³-hybridized carbons (Fsp3) is 0.333. The van der Waals surface area contributed by atoms with Crippen molar-refractivity contribution in [2.75, 3.05) is 5.32 Å². The number of aromatic nitrogens is 3. The van der Waals surface area contributed by atoms with Crippen LogP contribution in [-0.2, 0) is 6.54 Å². The van der Waals surface area contributed by atoms with Gasteiger partial charge in [-0.05, 0) is 31.5 Å². The molecule has 0 aromatic carbocycles. The van der Waals surface area contributed by atoms with Crippen LogP contribution < -0.4 is 5.32 Å². The first-order valence-corrected chi connectivity index (χ1v) is 5.43. The molecule has 2 rings (SSSR count). The van der Waals surface area contributed by atoms with E-state index in [9.17, 15) is 0 Å². The van der Waals surface area contributed by atoms with Gasteiger partial charge in [0.25, 0.3) is 0 Å². The van der Waals surface area contributed by atoms with Crippen LogP contribution in [0.15, 0.2) is 36.9 Å². The predicted molar refractivity (Wildman–Crippen MR) is 64.2 cm³/mol. The molecule has 4 heteroatoms. The van der Waals surface area contributed by atoms with Gasteiger partial charge < -0.3 is 9.88 Å². The molecule has 0 atom stereocenters. The predicted octanol–water partition coefficient (Wildman–Crippen LogP) is 2.47. The van der Waals surface area contributed by atoms with Gasteiger partial charge in [0.15, 0.2) is 0 Å². The molecule has 0 radical (unpaired) electrons. The second-order valence-corrected chi connectivity index (χ2v) is 3.96. The van der Waals surface area contributed by atoms with E-state index < -0.39 is 0 Å². The minimum Gasteiger partial charge on any atom is -0.352 e. The van der Waals surface area contributed by atoms with Crippen LogP contribution in [0.5, 0.6) is 0 Å². The van der Waals surface area contributed by atoms with E-state index in [1.807, 2.05) is 24.5 Å². The number of rotatable bonds is 4. The van der Waals surface area contributed by atoms with Gasteiger partial charge in [-0.3, -0.25) is 4.98 Å². The second kappa shape index (κ2) is 4.79. The van der Waals surface area contributed by atoms with Crippen LogP contribution >= 0.6 is 0 Å². The summed E-state index contributed by atoms with van der Waals surface area (Å²) >= 11 is 0. The van der Waals surface area contributed by atoms with Crippen molar-refractivity contribution in [3.05, 3.63) is 42.5 Å². The molecule has 0 aliphatic carbocycles. The normalized spacial score (nSPS) is 10.7. The van der Waals surface area contributed by atoms with Crippen LogP contribution in [0.3, 0.4) is 0 Å². The molecule has 16 heavy (non-hydrogen) atoms. The van der Waals surface area contributed by atoms with Gasteiger partial charge in [-0.15, -0.1) is 0 Å². The van der Waals surface area contributed by atoms with Crippen LogP contribution in [0.1, 0.15) is 25.5 Å². The first kappa shape index (κ1) is 10.7. The van der Waals surface area contributed by atoms with Crippen LogP contribution in [-0.4, -0.2) is 14.5 Å². The van der Waals surface area contributed by atoms with Gasteiger partial charge in [0.1, 0.15) is 0 Å². The van der Waals surface area contributed by atoms with Crippen molar-refractivity contribution in [1.29, 1.82) is 0 Å². The minimum atomic E-state index is 0.419. The summed E-state index contributed by atoms with van der Waals surface area (Å²) in [4.78, 5) is 8.28. The molecule has 2 aromatic rings. The van der Waals surface area contributed by atoms with Crippen LogP contribution in [0.25, 0.3) is 0 Å². The lowest BCUT2D eigenvalue weighted by Gasteiger charge is -2.12. The van der Waals surface area contributed by atoms with Crippen molar-refractivity contribution in [3.8, 4) is 0 Å². The number of nitrogens with zero attached hydrogens (tertiary/aromatic N) is 3. The number of pyridine rings is 1. The monoisotopic (exact) mass is 216 g/mol. The molecule has 0 spiro atoms. The molecule has 4 nitrogen and oxygen atoms in total. The molecule has 0 fully saturated rings. The van der Waals surface area contributed by atoms with Crippen LogP contribution in [0.4, 0.5) is 5.95 Å². The molecule has 0 saturated carbocycles. The summed E-state index contributed by atoms with van der Waals surface area (Å²) in [5.74, 6) is 0.909. The third kappa shape index (κ3) is 2.39. The third-order valence-corrected chi connectivity index (χ3v) is 2.42. The average molecular weight is 216 g/mol.